The minimum atomic E-state index is -0.183. The van der Waals surface area contributed by atoms with Gasteiger partial charge in [0.15, 0.2) is 0 Å². The van der Waals surface area contributed by atoms with Crippen molar-refractivity contribution < 1.29 is 19.1 Å². The number of carbonyl (C=O) groups excluding carboxylic acids is 2. The van der Waals surface area contributed by atoms with E-state index in [-0.39, 0.29) is 17.9 Å². The molecule has 144 valence electrons. The van der Waals surface area contributed by atoms with E-state index < -0.39 is 0 Å². The average molecular weight is 370 g/mol. The Kier molecular flexibility index (Phi) is 5.16. The third-order valence-electron chi connectivity index (χ3n) is 5.73. The standard InChI is InChI=1S/C21H26N2O4/c1-26-17-10-6-5-9-16(17)18-19(22-11-13-27-14-12-22)21(25)23(20(18)24)15-7-3-2-4-8-15/h5-6,9-10,15H,2-4,7-8,11-14H2,1H3. The number of methoxy groups -OCH3 is 1. The second-order valence-corrected chi connectivity index (χ2v) is 7.30. The van der Waals surface area contributed by atoms with E-state index in [1.54, 1.807) is 7.11 Å². The predicted molar refractivity (Wildman–Crippen MR) is 101 cm³/mol. The van der Waals surface area contributed by atoms with Gasteiger partial charge in [-0.05, 0) is 18.9 Å². The van der Waals surface area contributed by atoms with E-state index >= 15 is 0 Å². The number of amides is 2. The molecule has 0 aromatic heterocycles. The first-order valence-electron chi connectivity index (χ1n) is 9.80. The third kappa shape index (κ3) is 3.23. The molecule has 0 atom stereocenters. The normalized spacial score (nSPS) is 22.0. The van der Waals surface area contributed by atoms with Crippen molar-refractivity contribution in [1.29, 1.82) is 0 Å². The number of benzene rings is 1. The SMILES string of the molecule is COc1ccccc1C1=C(N2CCOCC2)C(=O)N(C2CCCCC2)C1=O. The van der Waals surface area contributed by atoms with E-state index in [0.717, 1.165) is 25.7 Å². The molecule has 0 bridgehead atoms. The second kappa shape index (κ2) is 7.72. The fraction of sp³-hybridized carbons (Fsp3) is 0.524. The van der Waals surface area contributed by atoms with Crippen LogP contribution in [0.3, 0.4) is 0 Å². The largest absolute Gasteiger partial charge is 0.496 e. The minimum absolute atomic E-state index is 0.00185. The lowest BCUT2D eigenvalue weighted by molar-refractivity contribution is -0.141. The van der Waals surface area contributed by atoms with Crippen LogP contribution in [0.1, 0.15) is 37.7 Å². The highest BCUT2D eigenvalue weighted by atomic mass is 16.5. The summed E-state index contributed by atoms with van der Waals surface area (Å²) >= 11 is 0. The van der Waals surface area contributed by atoms with Crippen LogP contribution in [0.5, 0.6) is 5.75 Å². The van der Waals surface area contributed by atoms with Crippen LogP contribution in [-0.4, -0.2) is 61.1 Å². The van der Waals surface area contributed by atoms with Gasteiger partial charge in [-0.2, -0.15) is 0 Å². The maximum Gasteiger partial charge on any atom is 0.278 e. The van der Waals surface area contributed by atoms with Gasteiger partial charge in [-0.1, -0.05) is 37.5 Å². The van der Waals surface area contributed by atoms with Crippen LogP contribution >= 0.6 is 0 Å². The number of hydrogen-bond acceptors (Lipinski definition) is 5. The van der Waals surface area contributed by atoms with Crippen LogP contribution in [-0.2, 0) is 14.3 Å². The lowest BCUT2D eigenvalue weighted by atomic mass is 9.94. The average Bonchev–Trinajstić information content (AvgIpc) is 2.99. The number of para-hydroxylation sites is 1. The van der Waals surface area contributed by atoms with Crippen molar-refractivity contribution in [2.75, 3.05) is 33.4 Å². The lowest BCUT2D eigenvalue weighted by Gasteiger charge is -2.32. The number of morpholine rings is 1. The van der Waals surface area contributed by atoms with Gasteiger partial charge in [0.2, 0.25) is 0 Å². The van der Waals surface area contributed by atoms with Gasteiger partial charge in [0, 0.05) is 24.7 Å². The third-order valence-corrected chi connectivity index (χ3v) is 5.73. The molecule has 2 aliphatic heterocycles. The van der Waals surface area contributed by atoms with Gasteiger partial charge in [-0.3, -0.25) is 14.5 Å². The first-order chi connectivity index (χ1) is 13.2. The minimum Gasteiger partial charge on any atom is -0.496 e. The van der Waals surface area contributed by atoms with Crippen LogP contribution in [0, 0.1) is 0 Å². The fourth-order valence-electron chi connectivity index (χ4n) is 4.38. The van der Waals surface area contributed by atoms with E-state index in [1.807, 2.05) is 29.2 Å². The van der Waals surface area contributed by atoms with Gasteiger partial charge in [0.1, 0.15) is 11.4 Å². The Morgan fingerprint density at radius 1 is 1.00 bits per heavy atom. The zero-order chi connectivity index (χ0) is 18.8. The molecule has 6 heteroatoms. The van der Waals surface area contributed by atoms with Crippen LogP contribution in [0.15, 0.2) is 30.0 Å². The highest BCUT2D eigenvalue weighted by molar-refractivity contribution is 6.36. The molecule has 1 aromatic rings. The molecule has 4 rings (SSSR count). The smallest absolute Gasteiger partial charge is 0.278 e. The Labute approximate surface area is 159 Å². The molecule has 1 aliphatic carbocycles. The monoisotopic (exact) mass is 370 g/mol. The fourth-order valence-corrected chi connectivity index (χ4v) is 4.38. The maximum absolute atomic E-state index is 13.5. The van der Waals surface area contributed by atoms with Crippen molar-refractivity contribution in [1.82, 2.24) is 9.80 Å². The number of imide groups is 1. The zero-order valence-electron chi connectivity index (χ0n) is 15.8. The van der Waals surface area contributed by atoms with Gasteiger partial charge < -0.3 is 14.4 Å². The molecule has 3 aliphatic rings. The molecular formula is C21H26N2O4. The highest BCUT2D eigenvalue weighted by Crippen LogP contribution is 2.39. The maximum atomic E-state index is 13.5. The molecule has 1 saturated heterocycles. The molecule has 0 spiro atoms. The van der Waals surface area contributed by atoms with E-state index in [1.165, 1.54) is 11.3 Å². The van der Waals surface area contributed by atoms with Crippen LogP contribution in [0.25, 0.3) is 5.57 Å². The first kappa shape index (κ1) is 18.0. The predicted octanol–water partition coefficient (Wildman–Crippen LogP) is 2.44. The first-order valence-corrected chi connectivity index (χ1v) is 9.80. The molecule has 0 N–H and O–H groups in total. The van der Waals surface area contributed by atoms with Crippen LogP contribution < -0.4 is 4.74 Å². The van der Waals surface area contributed by atoms with Gasteiger partial charge in [0.25, 0.3) is 11.8 Å². The summed E-state index contributed by atoms with van der Waals surface area (Å²) in [6.45, 7) is 2.36. The summed E-state index contributed by atoms with van der Waals surface area (Å²) in [5, 5.41) is 0. The highest BCUT2D eigenvalue weighted by Gasteiger charge is 2.45. The molecule has 0 unspecified atom stereocenters. The van der Waals surface area contributed by atoms with Crippen LogP contribution in [0.2, 0.25) is 0 Å². The summed E-state index contributed by atoms with van der Waals surface area (Å²) in [7, 11) is 1.59. The molecular weight excluding hydrogens is 344 g/mol. The van der Waals surface area contributed by atoms with E-state index in [0.29, 0.717) is 48.9 Å². The zero-order valence-corrected chi connectivity index (χ0v) is 15.8. The summed E-state index contributed by atoms with van der Waals surface area (Å²) in [5.74, 6) is 0.275. The number of carbonyl (C=O) groups is 2. The molecule has 27 heavy (non-hydrogen) atoms. The molecule has 2 heterocycles. The van der Waals surface area contributed by atoms with Gasteiger partial charge in [0.05, 0.1) is 25.9 Å². The summed E-state index contributed by atoms with van der Waals surface area (Å²) in [5.41, 5.74) is 1.68. The number of ether oxygens (including phenoxy) is 2. The number of nitrogens with zero attached hydrogens (tertiary/aromatic N) is 2. The van der Waals surface area contributed by atoms with E-state index in [9.17, 15) is 9.59 Å². The van der Waals surface area contributed by atoms with Crippen molar-refractivity contribution in [3.8, 4) is 5.75 Å². The van der Waals surface area contributed by atoms with Crippen molar-refractivity contribution in [2.45, 2.75) is 38.1 Å². The van der Waals surface area contributed by atoms with Crippen molar-refractivity contribution >= 4 is 17.4 Å². The Morgan fingerprint density at radius 2 is 1.70 bits per heavy atom. The summed E-state index contributed by atoms with van der Waals surface area (Å²) in [4.78, 5) is 30.4. The van der Waals surface area contributed by atoms with E-state index in [2.05, 4.69) is 0 Å². The molecule has 0 radical (unpaired) electrons. The van der Waals surface area contributed by atoms with Crippen molar-refractivity contribution in [3.05, 3.63) is 35.5 Å². The molecule has 2 amide bonds. The molecule has 2 fully saturated rings. The number of rotatable bonds is 4. The van der Waals surface area contributed by atoms with Crippen LogP contribution in [0.4, 0.5) is 0 Å². The summed E-state index contributed by atoms with van der Waals surface area (Å²) in [6, 6.07) is 7.45. The molecule has 1 saturated carbocycles. The van der Waals surface area contributed by atoms with Gasteiger partial charge >= 0.3 is 0 Å². The summed E-state index contributed by atoms with van der Waals surface area (Å²) < 4.78 is 10.9. The Bertz CT molecular complexity index is 761. The topological polar surface area (TPSA) is 59.1 Å². The Morgan fingerprint density at radius 3 is 2.41 bits per heavy atom. The van der Waals surface area contributed by atoms with E-state index in [4.69, 9.17) is 9.47 Å². The van der Waals surface area contributed by atoms with Gasteiger partial charge in [-0.15, -0.1) is 0 Å². The second-order valence-electron chi connectivity index (χ2n) is 7.30. The molecule has 1 aromatic carbocycles. The Balaban J connectivity index is 1.79. The lowest BCUT2D eigenvalue weighted by Crippen LogP contribution is -2.45. The van der Waals surface area contributed by atoms with Gasteiger partial charge in [-0.25, -0.2) is 0 Å². The summed E-state index contributed by atoms with van der Waals surface area (Å²) in [6.07, 6.45) is 5.10. The van der Waals surface area contributed by atoms with Crippen molar-refractivity contribution in [2.24, 2.45) is 0 Å². The van der Waals surface area contributed by atoms with Crippen molar-refractivity contribution in [3.63, 3.8) is 0 Å². The Hall–Kier alpha value is -2.34. The molecule has 6 nitrogen and oxygen atoms in total. The number of hydrogen-bond donors (Lipinski definition) is 0. The quantitative estimate of drug-likeness (QED) is 0.762.